The molecule has 1 amide bonds. The van der Waals surface area contributed by atoms with Gasteiger partial charge in [-0.05, 0) is 37.1 Å². The highest BCUT2D eigenvalue weighted by Gasteiger charge is 2.26. The summed E-state index contributed by atoms with van der Waals surface area (Å²) in [4.78, 5) is 27.7. The van der Waals surface area contributed by atoms with Crippen molar-refractivity contribution < 1.29 is 9.90 Å². The number of piperazine rings is 1. The number of amides is 1. The van der Waals surface area contributed by atoms with Crippen molar-refractivity contribution in [2.75, 3.05) is 61.0 Å². The molecule has 0 spiro atoms. The molecule has 0 saturated carbocycles. The van der Waals surface area contributed by atoms with Crippen molar-refractivity contribution in [3.05, 3.63) is 41.7 Å². The van der Waals surface area contributed by atoms with Crippen LogP contribution in [0.5, 0.6) is 0 Å². The average molecular weight is 431 g/mol. The Morgan fingerprint density at radius 1 is 1.10 bits per heavy atom. The summed E-state index contributed by atoms with van der Waals surface area (Å²) in [5.74, 6) is 1.74. The number of hydrogen-bond acceptors (Lipinski definition) is 7. The molecule has 2 aromatic rings. The summed E-state index contributed by atoms with van der Waals surface area (Å²) in [6.45, 7) is 4.60. The van der Waals surface area contributed by atoms with Gasteiger partial charge in [-0.3, -0.25) is 9.69 Å². The number of halogens is 1. The van der Waals surface area contributed by atoms with Crippen LogP contribution in [0.3, 0.4) is 0 Å². The first-order valence-corrected chi connectivity index (χ1v) is 10.7. The van der Waals surface area contributed by atoms with Gasteiger partial charge in [-0.1, -0.05) is 11.6 Å². The van der Waals surface area contributed by atoms with E-state index in [1.165, 1.54) is 0 Å². The quantitative estimate of drug-likeness (QED) is 0.723. The maximum absolute atomic E-state index is 12.3. The van der Waals surface area contributed by atoms with Gasteiger partial charge in [0, 0.05) is 49.5 Å². The Bertz CT molecular complexity index is 857. The maximum atomic E-state index is 12.3. The van der Waals surface area contributed by atoms with E-state index in [1.54, 1.807) is 30.6 Å². The number of nitrogens with zero attached hydrogens (tertiary/aromatic N) is 5. The molecule has 4 rings (SSSR count). The molecule has 0 bridgehead atoms. The Kier molecular flexibility index (Phi) is 6.66. The van der Waals surface area contributed by atoms with Gasteiger partial charge >= 0.3 is 0 Å². The first kappa shape index (κ1) is 20.8. The van der Waals surface area contributed by atoms with Crippen LogP contribution in [0.4, 0.5) is 17.3 Å². The zero-order chi connectivity index (χ0) is 20.9. The van der Waals surface area contributed by atoms with Gasteiger partial charge in [0.1, 0.15) is 18.0 Å². The minimum atomic E-state index is -0.0285. The third-order valence-electron chi connectivity index (χ3n) is 5.71. The summed E-state index contributed by atoms with van der Waals surface area (Å²) in [5.41, 5.74) is 0.750. The molecule has 8 nitrogen and oxygen atoms in total. The number of anilines is 3. The zero-order valence-corrected chi connectivity index (χ0v) is 17.6. The van der Waals surface area contributed by atoms with E-state index in [9.17, 15) is 9.90 Å². The Labute approximate surface area is 181 Å². The van der Waals surface area contributed by atoms with Crippen LogP contribution in [-0.2, 0) is 4.79 Å². The van der Waals surface area contributed by atoms with Gasteiger partial charge in [-0.25, -0.2) is 9.97 Å². The van der Waals surface area contributed by atoms with Gasteiger partial charge in [0.25, 0.3) is 0 Å². The Hall–Kier alpha value is -2.42. The molecule has 1 unspecified atom stereocenters. The normalized spacial score (nSPS) is 19.9. The van der Waals surface area contributed by atoms with Crippen molar-refractivity contribution >= 4 is 34.8 Å². The highest BCUT2D eigenvalue weighted by molar-refractivity contribution is 6.30. The lowest BCUT2D eigenvalue weighted by Crippen LogP contribution is -2.49. The number of rotatable bonds is 6. The van der Waals surface area contributed by atoms with Crippen LogP contribution in [0.25, 0.3) is 0 Å². The molecule has 160 valence electrons. The lowest BCUT2D eigenvalue weighted by Gasteiger charge is -2.35. The minimum absolute atomic E-state index is 0.0285. The van der Waals surface area contributed by atoms with Crippen molar-refractivity contribution in [1.29, 1.82) is 0 Å². The Morgan fingerprint density at radius 3 is 2.57 bits per heavy atom. The molecule has 0 aliphatic carbocycles. The molecule has 2 saturated heterocycles. The first-order chi connectivity index (χ1) is 14.6. The summed E-state index contributed by atoms with van der Waals surface area (Å²) >= 11 is 5.88. The van der Waals surface area contributed by atoms with E-state index in [1.807, 2.05) is 6.07 Å². The molecule has 3 heterocycles. The van der Waals surface area contributed by atoms with Crippen LogP contribution in [0.1, 0.15) is 12.8 Å². The predicted octanol–water partition coefficient (Wildman–Crippen LogP) is 1.85. The third kappa shape index (κ3) is 5.00. The molecule has 30 heavy (non-hydrogen) atoms. The van der Waals surface area contributed by atoms with E-state index < -0.39 is 0 Å². The van der Waals surface area contributed by atoms with Crippen molar-refractivity contribution in [1.82, 2.24) is 14.9 Å². The monoisotopic (exact) mass is 430 g/mol. The van der Waals surface area contributed by atoms with Crippen LogP contribution in [0.2, 0.25) is 5.02 Å². The minimum Gasteiger partial charge on any atom is -0.394 e. The number of nitrogens with one attached hydrogen (secondary N) is 1. The molecule has 2 N–H and O–H groups in total. The number of aliphatic hydroxyl groups is 1. The standard InChI is InChI=1S/C21H27ClN6O2/c22-16-3-5-17(6-4-16)25-21(30)13-26-8-10-27(11-9-26)19-12-20(24-15-23-19)28-7-1-2-18(28)14-29/h3-6,12,15,18,29H,1-2,7-11,13-14H2,(H,25,30). The number of aliphatic hydroxyl groups excluding tert-OH is 1. The highest BCUT2D eigenvalue weighted by Crippen LogP contribution is 2.26. The second kappa shape index (κ2) is 9.59. The number of benzene rings is 1. The molecule has 2 aliphatic rings. The van der Waals surface area contributed by atoms with Gasteiger partial charge in [0.2, 0.25) is 5.91 Å². The SMILES string of the molecule is O=C(CN1CCN(c2cc(N3CCCC3CO)ncn2)CC1)Nc1ccc(Cl)cc1. The number of carbonyl (C=O) groups excluding carboxylic acids is 1. The largest absolute Gasteiger partial charge is 0.394 e. The fourth-order valence-electron chi connectivity index (χ4n) is 4.07. The summed E-state index contributed by atoms with van der Waals surface area (Å²) in [6, 6.07) is 9.27. The van der Waals surface area contributed by atoms with E-state index in [2.05, 4.69) is 30.0 Å². The van der Waals surface area contributed by atoms with Crippen LogP contribution in [0, 0.1) is 0 Å². The second-order valence-electron chi connectivity index (χ2n) is 7.72. The van der Waals surface area contributed by atoms with Crippen molar-refractivity contribution in [2.45, 2.75) is 18.9 Å². The Morgan fingerprint density at radius 2 is 1.83 bits per heavy atom. The maximum Gasteiger partial charge on any atom is 0.238 e. The molecule has 9 heteroatoms. The molecule has 2 aliphatic heterocycles. The molecule has 1 aromatic carbocycles. The van der Waals surface area contributed by atoms with Crippen LogP contribution in [0.15, 0.2) is 36.7 Å². The lowest BCUT2D eigenvalue weighted by atomic mass is 10.2. The van der Waals surface area contributed by atoms with E-state index in [4.69, 9.17) is 11.6 Å². The van der Waals surface area contributed by atoms with E-state index in [0.29, 0.717) is 11.6 Å². The van der Waals surface area contributed by atoms with Crippen molar-refractivity contribution in [3.8, 4) is 0 Å². The molecule has 1 aromatic heterocycles. The fourth-order valence-corrected chi connectivity index (χ4v) is 4.19. The van der Waals surface area contributed by atoms with Crippen LogP contribution in [-0.4, -0.2) is 77.8 Å². The van der Waals surface area contributed by atoms with Gasteiger partial charge in [-0.2, -0.15) is 0 Å². The Balaban J connectivity index is 1.29. The van der Waals surface area contributed by atoms with E-state index in [0.717, 1.165) is 62.9 Å². The predicted molar refractivity (Wildman–Crippen MR) is 118 cm³/mol. The van der Waals surface area contributed by atoms with Crippen LogP contribution < -0.4 is 15.1 Å². The second-order valence-corrected chi connectivity index (χ2v) is 8.16. The molecule has 2 fully saturated rings. The van der Waals surface area contributed by atoms with Gasteiger partial charge in [-0.15, -0.1) is 0 Å². The summed E-state index contributed by atoms with van der Waals surface area (Å²) < 4.78 is 0. The average Bonchev–Trinajstić information content (AvgIpc) is 3.25. The van der Waals surface area contributed by atoms with Crippen LogP contribution >= 0.6 is 11.6 Å². The lowest BCUT2D eigenvalue weighted by molar-refractivity contribution is -0.117. The summed E-state index contributed by atoms with van der Waals surface area (Å²) in [7, 11) is 0. The summed E-state index contributed by atoms with van der Waals surface area (Å²) in [6.07, 6.45) is 3.66. The number of hydrogen-bond donors (Lipinski definition) is 2. The molecule has 0 radical (unpaired) electrons. The van der Waals surface area contributed by atoms with Gasteiger partial charge in [0.05, 0.1) is 19.2 Å². The fraction of sp³-hybridized carbons (Fsp3) is 0.476. The zero-order valence-electron chi connectivity index (χ0n) is 16.9. The van der Waals surface area contributed by atoms with E-state index >= 15 is 0 Å². The molecular formula is C21H27ClN6O2. The molecular weight excluding hydrogens is 404 g/mol. The smallest absolute Gasteiger partial charge is 0.238 e. The number of aromatic nitrogens is 2. The van der Waals surface area contributed by atoms with Gasteiger partial charge in [0.15, 0.2) is 0 Å². The highest BCUT2D eigenvalue weighted by atomic mass is 35.5. The topological polar surface area (TPSA) is 84.8 Å². The molecule has 1 atom stereocenters. The van der Waals surface area contributed by atoms with Crippen molar-refractivity contribution in [2.24, 2.45) is 0 Å². The van der Waals surface area contributed by atoms with Gasteiger partial charge < -0.3 is 20.2 Å². The van der Waals surface area contributed by atoms with Crippen molar-refractivity contribution in [3.63, 3.8) is 0 Å². The van der Waals surface area contributed by atoms with E-state index in [-0.39, 0.29) is 18.6 Å². The first-order valence-electron chi connectivity index (χ1n) is 10.3. The third-order valence-corrected chi connectivity index (χ3v) is 5.96. The number of carbonyl (C=O) groups is 1. The summed E-state index contributed by atoms with van der Waals surface area (Å²) in [5, 5.41) is 13.1.